The summed E-state index contributed by atoms with van der Waals surface area (Å²) in [4.78, 5) is 0. The summed E-state index contributed by atoms with van der Waals surface area (Å²) in [6.07, 6.45) is -3.08. The topological polar surface area (TPSA) is 96.9 Å². The lowest BCUT2D eigenvalue weighted by Crippen LogP contribution is -2.71. The van der Waals surface area contributed by atoms with Crippen molar-refractivity contribution in [1.29, 1.82) is 0 Å². The summed E-state index contributed by atoms with van der Waals surface area (Å²) >= 11 is 0. The van der Waals surface area contributed by atoms with Gasteiger partial charge in [0.1, 0.15) is 31.5 Å². The Labute approximate surface area is 268 Å². The fourth-order valence-corrected chi connectivity index (χ4v) is 8.58. The molecule has 0 amide bonds. The molecular formula is C35H47NO8Si. The van der Waals surface area contributed by atoms with Crippen LogP contribution in [-0.2, 0) is 23.4 Å². The fraction of sp³-hybridized carbons (Fsp3) is 0.486. The summed E-state index contributed by atoms with van der Waals surface area (Å²) < 4.78 is 44.0. The molecule has 1 saturated heterocycles. The average Bonchev–Trinajstić information content (AvgIpc) is 3.05. The summed E-state index contributed by atoms with van der Waals surface area (Å²) in [5, 5.41) is 17.5. The molecule has 2 aliphatic heterocycles. The van der Waals surface area contributed by atoms with Gasteiger partial charge in [0.15, 0.2) is 11.5 Å². The van der Waals surface area contributed by atoms with E-state index in [1.54, 1.807) is 28.1 Å². The van der Waals surface area contributed by atoms with E-state index in [1.165, 1.54) is 0 Å². The number of ether oxygens (including phenoxy) is 6. The molecule has 0 aliphatic carbocycles. The van der Waals surface area contributed by atoms with Crippen molar-refractivity contribution in [2.75, 3.05) is 39.3 Å². The first-order valence-electron chi connectivity index (χ1n) is 15.5. The quantitative estimate of drug-likeness (QED) is 0.305. The van der Waals surface area contributed by atoms with Gasteiger partial charge in [0.05, 0.1) is 6.10 Å². The molecule has 1 fully saturated rings. The Balaban J connectivity index is 1.48. The maximum Gasteiger partial charge on any atom is 0.240 e. The van der Waals surface area contributed by atoms with Gasteiger partial charge in [-0.15, -0.1) is 0 Å². The largest absolute Gasteiger partial charge is 0.486 e. The van der Waals surface area contributed by atoms with E-state index in [0.717, 1.165) is 16.1 Å². The van der Waals surface area contributed by atoms with Crippen molar-refractivity contribution in [2.24, 2.45) is 5.41 Å². The van der Waals surface area contributed by atoms with Gasteiger partial charge in [-0.3, -0.25) is 0 Å². The zero-order valence-electron chi connectivity index (χ0n) is 27.3. The van der Waals surface area contributed by atoms with Gasteiger partial charge in [0.2, 0.25) is 20.6 Å². The van der Waals surface area contributed by atoms with Gasteiger partial charge in [-0.05, 0) is 41.8 Å². The number of aliphatic hydroxyl groups is 1. The molecule has 1 unspecified atom stereocenters. The summed E-state index contributed by atoms with van der Waals surface area (Å²) in [5.41, 5.74) is 0.367. The summed E-state index contributed by atoms with van der Waals surface area (Å²) in [7, 11) is 0.873. The number of fused-ring (bicyclic) bond motifs is 1. The van der Waals surface area contributed by atoms with Crippen molar-refractivity contribution >= 4 is 25.1 Å². The van der Waals surface area contributed by atoms with Gasteiger partial charge in [-0.25, -0.2) is 0 Å². The highest BCUT2D eigenvalue weighted by Crippen LogP contribution is 2.44. The van der Waals surface area contributed by atoms with Crippen LogP contribution in [0.25, 0.3) is 0 Å². The Morgan fingerprint density at radius 2 is 1.36 bits per heavy atom. The molecule has 2 N–H and O–H groups in total. The molecule has 0 aromatic heterocycles. The molecule has 0 radical (unpaired) electrons. The third-order valence-electron chi connectivity index (χ3n) is 8.73. The number of nitrogens with one attached hydrogen (secondary N) is 1. The second-order valence-electron chi connectivity index (χ2n) is 12.9. The molecule has 0 bridgehead atoms. The molecule has 6 atom stereocenters. The van der Waals surface area contributed by atoms with Gasteiger partial charge in [0, 0.05) is 32.5 Å². The highest BCUT2D eigenvalue weighted by molar-refractivity contribution is 6.80. The molecule has 3 aromatic carbocycles. The van der Waals surface area contributed by atoms with E-state index >= 15 is 0 Å². The number of aliphatic hydroxyl groups excluding tert-OH is 1. The zero-order chi connectivity index (χ0) is 32.2. The lowest BCUT2D eigenvalue weighted by Gasteiger charge is -2.55. The Kier molecular flexibility index (Phi) is 10.2. The normalized spacial score (nSPS) is 26.3. The van der Waals surface area contributed by atoms with E-state index in [4.69, 9.17) is 32.8 Å². The maximum absolute atomic E-state index is 11.8. The molecule has 0 spiro atoms. The number of methoxy groups -OCH3 is 2. The summed E-state index contributed by atoms with van der Waals surface area (Å²) in [6, 6.07) is 26.3. The second kappa shape index (κ2) is 13.8. The minimum absolute atomic E-state index is 0.169. The highest BCUT2D eigenvalue weighted by Gasteiger charge is 2.60. The van der Waals surface area contributed by atoms with E-state index in [1.807, 2.05) is 54.6 Å². The number of anilines is 1. The van der Waals surface area contributed by atoms with Gasteiger partial charge in [-0.2, -0.15) is 0 Å². The second-order valence-corrected chi connectivity index (χ2v) is 15.3. The van der Waals surface area contributed by atoms with Crippen LogP contribution in [0.3, 0.4) is 0 Å². The van der Waals surface area contributed by atoms with Crippen LogP contribution in [0.15, 0.2) is 78.9 Å². The van der Waals surface area contributed by atoms with Gasteiger partial charge >= 0.3 is 0 Å². The lowest BCUT2D eigenvalue weighted by molar-refractivity contribution is -0.460. The molecule has 0 saturated carbocycles. The van der Waals surface area contributed by atoms with Gasteiger partial charge in [-0.1, -0.05) is 81.4 Å². The van der Waals surface area contributed by atoms with Gasteiger partial charge < -0.3 is 43.3 Å². The van der Waals surface area contributed by atoms with Crippen LogP contribution in [0.4, 0.5) is 5.69 Å². The molecule has 5 rings (SSSR count). The van der Waals surface area contributed by atoms with Crippen molar-refractivity contribution in [3.63, 3.8) is 0 Å². The molecule has 9 nitrogen and oxygen atoms in total. The van der Waals surface area contributed by atoms with Crippen LogP contribution in [0.2, 0.25) is 0 Å². The van der Waals surface area contributed by atoms with Crippen LogP contribution in [-0.4, -0.2) is 84.1 Å². The molecule has 3 aromatic rings. The zero-order valence-corrected chi connectivity index (χ0v) is 28.5. The van der Waals surface area contributed by atoms with Crippen LogP contribution >= 0.6 is 0 Å². The monoisotopic (exact) mass is 637 g/mol. The van der Waals surface area contributed by atoms with Crippen molar-refractivity contribution < 1.29 is 38.0 Å². The average molecular weight is 638 g/mol. The Morgan fingerprint density at radius 3 is 1.89 bits per heavy atom. The molecule has 45 heavy (non-hydrogen) atoms. The van der Waals surface area contributed by atoms with Gasteiger partial charge in [0.25, 0.3) is 0 Å². The first kappa shape index (κ1) is 33.4. The number of hydrogen-bond acceptors (Lipinski definition) is 9. The molecular weight excluding hydrogens is 590 g/mol. The van der Waals surface area contributed by atoms with Crippen molar-refractivity contribution in [3.05, 3.63) is 78.9 Å². The predicted octanol–water partition coefficient (Wildman–Crippen LogP) is 3.71. The SMILES string of the molecule is CO[C@@]1(C)O[C@H]([C@H](O)CNc2ccc3c(c2)OCCO3)[C@H](C(O[SiH](c2ccccc2)c2ccccc2)C(C)(C)C)O[C@]1(C)OC. The first-order chi connectivity index (χ1) is 21.5. The Hall–Kier alpha value is -2.96. The van der Waals surface area contributed by atoms with Crippen molar-refractivity contribution in [3.8, 4) is 11.5 Å². The molecule has 244 valence electrons. The predicted molar refractivity (Wildman–Crippen MR) is 176 cm³/mol. The standard InChI is InChI=1S/C35H47NO8Si/c1-33(2,3)32(44-45(25-14-10-8-11-15-25)26-16-12-9-13-17-26)31-30(42-34(4,38-6)35(5,39-7)43-31)27(37)23-36-24-18-19-28-29(22-24)41-21-20-40-28/h8-19,22,27,30-32,36-37,45H,20-21,23H2,1-7H3/t27-,30-,31-,32?,34+,35+/m1/s1. The Bertz CT molecular complexity index is 1350. The maximum atomic E-state index is 11.8. The first-order valence-corrected chi connectivity index (χ1v) is 17.1. The van der Waals surface area contributed by atoms with Crippen LogP contribution in [0.1, 0.15) is 34.6 Å². The minimum Gasteiger partial charge on any atom is -0.486 e. The van der Waals surface area contributed by atoms with Crippen molar-refractivity contribution in [1.82, 2.24) is 0 Å². The number of hydrogen-bond donors (Lipinski definition) is 2. The van der Waals surface area contributed by atoms with E-state index in [9.17, 15) is 5.11 Å². The molecule has 2 aliphatic rings. The lowest BCUT2D eigenvalue weighted by atomic mass is 9.82. The van der Waals surface area contributed by atoms with Crippen LogP contribution < -0.4 is 25.2 Å². The van der Waals surface area contributed by atoms with E-state index in [2.05, 4.69) is 50.4 Å². The molecule has 10 heteroatoms. The smallest absolute Gasteiger partial charge is 0.240 e. The van der Waals surface area contributed by atoms with E-state index < -0.39 is 50.4 Å². The van der Waals surface area contributed by atoms with E-state index in [0.29, 0.717) is 24.7 Å². The number of benzene rings is 3. The number of rotatable bonds is 11. The van der Waals surface area contributed by atoms with E-state index in [-0.39, 0.29) is 6.54 Å². The summed E-state index contributed by atoms with van der Waals surface area (Å²) in [5.74, 6) is -1.25. The van der Waals surface area contributed by atoms with Crippen LogP contribution in [0, 0.1) is 5.41 Å². The Morgan fingerprint density at radius 1 is 0.822 bits per heavy atom. The fourth-order valence-electron chi connectivity index (χ4n) is 5.88. The summed E-state index contributed by atoms with van der Waals surface area (Å²) in [6.45, 7) is 11.1. The minimum atomic E-state index is -2.24. The molecule has 2 heterocycles. The third-order valence-corrected chi connectivity index (χ3v) is 11.3. The highest BCUT2D eigenvalue weighted by atomic mass is 28.3. The van der Waals surface area contributed by atoms with Crippen molar-refractivity contribution in [2.45, 2.75) is 70.6 Å². The third kappa shape index (κ3) is 7.22. The van der Waals surface area contributed by atoms with Crippen LogP contribution in [0.5, 0.6) is 11.5 Å².